The molecule has 65 heavy (non-hydrogen) atoms. The van der Waals surface area contributed by atoms with Crippen molar-refractivity contribution in [1.29, 1.82) is 0 Å². The molecule has 2 aromatic heterocycles. The first-order valence-corrected chi connectivity index (χ1v) is 23.0. The Morgan fingerprint density at radius 3 is 1.51 bits per heavy atom. The van der Waals surface area contributed by atoms with E-state index in [1.807, 2.05) is 0 Å². The molecule has 13 rings (SSSR count). The molecule has 2 N–H and O–H groups in total. The lowest BCUT2D eigenvalue weighted by Gasteiger charge is -2.19. The van der Waals surface area contributed by atoms with E-state index >= 15 is 0 Å². The van der Waals surface area contributed by atoms with Crippen molar-refractivity contribution < 1.29 is 0 Å². The summed E-state index contributed by atoms with van der Waals surface area (Å²) in [7, 11) is 1.50. The minimum atomic E-state index is 1.09. The Morgan fingerprint density at radius 1 is 0.369 bits per heavy atom. The lowest BCUT2D eigenvalue weighted by Crippen LogP contribution is -1.98. The quantitative estimate of drug-likeness (QED) is 0.176. The first kappa shape index (κ1) is 40.1. The summed E-state index contributed by atoms with van der Waals surface area (Å²) in [6.45, 7) is 2.13. The van der Waals surface area contributed by atoms with Crippen LogP contribution in [0.2, 0.25) is 0 Å². The van der Waals surface area contributed by atoms with Gasteiger partial charge in [0, 0.05) is 32.9 Å². The molecule has 2 heterocycles. The van der Waals surface area contributed by atoms with Gasteiger partial charge in [0.25, 0.3) is 0 Å². The van der Waals surface area contributed by atoms with Gasteiger partial charge in [-0.05, 0) is 161 Å². The molecule has 0 unspecified atom stereocenters. The number of nitrogens with zero attached hydrogens (tertiary/aromatic N) is 2. The van der Waals surface area contributed by atoms with Crippen LogP contribution in [-0.4, -0.2) is 16.2 Å². The molecule has 0 amide bonds. The Morgan fingerprint density at radius 2 is 0.877 bits per heavy atom. The molecule has 2 aliphatic carbocycles. The second kappa shape index (κ2) is 17.1. The normalized spacial score (nSPS) is 13.2. The number of hydrogen-bond acceptors (Lipinski definition) is 1. The van der Waals surface area contributed by atoms with E-state index in [0.29, 0.717) is 0 Å². The van der Waals surface area contributed by atoms with Crippen molar-refractivity contribution in [2.24, 2.45) is 5.73 Å². The summed E-state index contributed by atoms with van der Waals surface area (Å²) in [6.07, 6.45) is 16.0. The van der Waals surface area contributed by atoms with Gasteiger partial charge < -0.3 is 14.9 Å². The summed E-state index contributed by atoms with van der Waals surface area (Å²) >= 11 is 0. The third-order valence-electron chi connectivity index (χ3n) is 13.3. The van der Waals surface area contributed by atoms with Gasteiger partial charge in [0.1, 0.15) is 0 Å². The third-order valence-corrected chi connectivity index (χ3v) is 13.3. The molecule has 0 saturated heterocycles. The number of aromatic nitrogens is 2. The molecule has 11 aromatic rings. The van der Waals surface area contributed by atoms with Gasteiger partial charge in [0.05, 0.1) is 22.1 Å². The van der Waals surface area contributed by atoms with Gasteiger partial charge in [-0.15, -0.1) is 0 Å². The van der Waals surface area contributed by atoms with Crippen LogP contribution in [0.3, 0.4) is 0 Å². The molecular weight excluding hydrogens is 787 g/mol. The van der Waals surface area contributed by atoms with Crippen LogP contribution >= 0.6 is 0 Å². The van der Waals surface area contributed by atoms with Crippen LogP contribution in [0.15, 0.2) is 212 Å². The monoisotopic (exact) mass is 837 g/mol. The largest absolute Gasteiger partial charge is 0.333 e. The molecule has 2 aliphatic rings. The second-order valence-electron chi connectivity index (χ2n) is 17.1. The highest BCUT2D eigenvalue weighted by atomic mass is 15.0. The van der Waals surface area contributed by atoms with Gasteiger partial charge in [-0.3, -0.25) is 0 Å². The van der Waals surface area contributed by atoms with Crippen molar-refractivity contribution in [3.8, 4) is 33.6 Å². The Labute approximate surface area is 380 Å². The van der Waals surface area contributed by atoms with Crippen LogP contribution in [0, 0.1) is 0 Å². The second-order valence-corrected chi connectivity index (χ2v) is 17.1. The molecule has 314 valence electrons. The van der Waals surface area contributed by atoms with Gasteiger partial charge in [0.2, 0.25) is 0 Å². The predicted octanol–water partition coefficient (Wildman–Crippen LogP) is 16.3. The smallest absolute Gasteiger partial charge is 0.0541 e. The Hall–Kier alpha value is -7.72. The number of fused-ring (bicyclic) bond motifs is 12. The van der Waals surface area contributed by atoms with E-state index in [1.54, 1.807) is 0 Å². The average Bonchev–Trinajstić information content (AvgIpc) is 3.90. The maximum atomic E-state index is 4.50. The minimum absolute atomic E-state index is 1.09. The summed E-state index contributed by atoms with van der Waals surface area (Å²) < 4.78 is 4.82. The minimum Gasteiger partial charge on any atom is -0.333 e. The van der Waals surface area contributed by atoms with Gasteiger partial charge in [0.15, 0.2) is 0 Å². The molecule has 0 fully saturated rings. The number of nitrogens with two attached hydrogens (primary N) is 1. The topological polar surface area (TPSA) is 35.9 Å². The first-order chi connectivity index (χ1) is 32.2. The van der Waals surface area contributed by atoms with E-state index in [1.165, 1.54) is 130 Å². The maximum Gasteiger partial charge on any atom is 0.0541 e. The fraction of sp³-hybridized carbons (Fsp3) is 0.0968. The predicted molar refractivity (Wildman–Crippen MR) is 281 cm³/mol. The molecule has 3 heteroatoms. The first-order valence-electron chi connectivity index (χ1n) is 23.0. The standard InChI is InChI=1S/C54H36N2.C7H10.CH5N/c1-2-14-39(15-3-1)55-51-23-10-8-21-46(51)49-33-37(26-29-53(49)55)38-27-30-54-50(34-38)47-22-9-11-24-52(47)56(54)40-16-12-13-35(31-40)36-25-28-45-43-19-5-4-17-41(43)42-18-6-7-20-44(42)48(45)32-36;1-7-5-3-2-4-6-7;1-2/h1-5,7-17,19-34H,6,18H2;3,5-6H,2,4H2,1H3;2H2,1H3. The van der Waals surface area contributed by atoms with Gasteiger partial charge in [-0.1, -0.05) is 151 Å². The van der Waals surface area contributed by atoms with E-state index < -0.39 is 0 Å². The lowest BCUT2D eigenvalue weighted by molar-refractivity contribution is 1.00. The molecule has 0 spiro atoms. The van der Waals surface area contributed by atoms with Gasteiger partial charge in [-0.2, -0.15) is 0 Å². The average molecular weight is 838 g/mol. The zero-order valence-electron chi connectivity index (χ0n) is 37.0. The molecule has 0 aliphatic heterocycles. The number of hydrogen-bond donors (Lipinski definition) is 1. The van der Waals surface area contributed by atoms with Gasteiger partial charge >= 0.3 is 0 Å². The molecule has 0 atom stereocenters. The summed E-state index contributed by atoms with van der Waals surface area (Å²) in [5, 5.41) is 10.4. The van der Waals surface area contributed by atoms with Crippen molar-refractivity contribution in [1.82, 2.24) is 9.13 Å². The SMILES string of the molecule is C1=Cc2c(c3ccccc3c3ccc(-c4cccc(-n5c6ccccc6c6cc(-c7ccc8c(c7)c7ccccc7n8-c7ccccc7)ccc65)c4)cc23)CC1.CC1=CCCC=C1.CN. The van der Waals surface area contributed by atoms with Gasteiger partial charge in [-0.25, -0.2) is 0 Å². The van der Waals surface area contributed by atoms with Crippen LogP contribution in [-0.2, 0) is 6.42 Å². The molecule has 0 saturated carbocycles. The number of rotatable bonds is 4. The van der Waals surface area contributed by atoms with Crippen molar-refractivity contribution in [3.05, 3.63) is 223 Å². The highest BCUT2D eigenvalue weighted by Gasteiger charge is 2.18. The Balaban J connectivity index is 0.000000474. The number of para-hydroxylation sites is 3. The number of aryl methyl sites for hydroxylation is 1. The Kier molecular flexibility index (Phi) is 10.5. The van der Waals surface area contributed by atoms with Crippen molar-refractivity contribution in [3.63, 3.8) is 0 Å². The Bertz CT molecular complexity index is 3690. The summed E-state index contributed by atoms with van der Waals surface area (Å²) in [4.78, 5) is 0. The number of benzene rings is 9. The van der Waals surface area contributed by atoms with Crippen molar-refractivity contribution >= 4 is 71.2 Å². The molecule has 0 radical (unpaired) electrons. The summed E-state index contributed by atoms with van der Waals surface area (Å²) in [5.41, 5.74) is 20.9. The molecule has 9 aromatic carbocycles. The van der Waals surface area contributed by atoms with E-state index in [-0.39, 0.29) is 0 Å². The van der Waals surface area contributed by atoms with Crippen LogP contribution in [0.1, 0.15) is 37.3 Å². The maximum absolute atomic E-state index is 4.50. The third kappa shape index (κ3) is 7.06. The fourth-order valence-electron chi connectivity index (χ4n) is 10.4. The fourth-order valence-corrected chi connectivity index (χ4v) is 10.4. The van der Waals surface area contributed by atoms with E-state index in [2.05, 4.69) is 234 Å². The van der Waals surface area contributed by atoms with E-state index in [4.69, 9.17) is 0 Å². The highest BCUT2D eigenvalue weighted by Crippen LogP contribution is 2.41. The van der Waals surface area contributed by atoms with Crippen LogP contribution in [0.4, 0.5) is 0 Å². The zero-order valence-corrected chi connectivity index (χ0v) is 37.0. The summed E-state index contributed by atoms with van der Waals surface area (Å²) in [6, 6.07) is 67.3. The van der Waals surface area contributed by atoms with Crippen molar-refractivity contribution in [2.75, 3.05) is 7.05 Å². The van der Waals surface area contributed by atoms with E-state index in [9.17, 15) is 0 Å². The molecule has 0 bridgehead atoms. The highest BCUT2D eigenvalue weighted by molar-refractivity contribution is 6.15. The molecular formula is C62H51N3. The zero-order chi connectivity index (χ0) is 43.9. The lowest BCUT2D eigenvalue weighted by atomic mass is 9.86. The summed E-state index contributed by atoms with van der Waals surface area (Å²) in [5.74, 6) is 0. The van der Waals surface area contributed by atoms with Crippen LogP contribution in [0.5, 0.6) is 0 Å². The van der Waals surface area contributed by atoms with Crippen LogP contribution in [0.25, 0.3) is 105 Å². The number of allylic oxidation sites excluding steroid dienone is 5. The van der Waals surface area contributed by atoms with Crippen LogP contribution < -0.4 is 5.73 Å². The van der Waals surface area contributed by atoms with E-state index in [0.717, 1.165) is 18.5 Å². The molecule has 3 nitrogen and oxygen atoms in total. The van der Waals surface area contributed by atoms with Crippen molar-refractivity contribution in [2.45, 2.75) is 32.6 Å².